The molecule has 17 heavy (non-hydrogen) atoms. The Morgan fingerprint density at radius 1 is 1.35 bits per heavy atom. The number of nitrogens with zero attached hydrogens (tertiary/aromatic N) is 2. The van der Waals surface area contributed by atoms with Crippen molar-refractivity contribution >= 4 is 11.7 Å². The minimum absolute atomic E-state index is 0.176. The summed E-state index contributed by atoms with van der Waals surface area (Å²) in [6.07, 6.45) is 5.22. The number of hydrogen-bond acceptors (Lipinski definition) is 3. The van der Waals surface area contributed by atoms with Crippen LogP contribution in [0.2, 0.25) is 0 Å². The minimum atomic E-state index is -0.206. The lowest BCUT2D eigenvalue weighted by molar-refractivity contribution is -0.132. The van der Waals surface area contributed by atoms with Crippen molar-refractivity contribution in [2.45, 2.75) is 32.2 Å². The maximum absolute atomic E-state index is 12.1. The molecule has 0 aliphatic carbocycles. The van der Waals surface area contributed by atoms with Crippen molar-refractivity contribution in [3.8, 4) is 0 Å². The largest absolute Gasteiger partial charge is 0.359 e. The van der Waals surface area contributed by atoms with Crippen molar-refractivity contribution in [2.24, 2.45) is 0 Å². The van der Waals surface area contributed by atoms with Gasteiger partial charge in [-0.3, -0.25) is 4.79 Å². The molecule has 1 aliphatic rings. The van der Waals surface area contributed by atoms with Crippen molar-refractivity contribution in [2.75, 3.05) is 18.4 Å². The Morgan fingerprint density at radius 3 is 2.76 bits per heavy atom. The first-order valence-corrected chi connectivity index (χ1v) is 6.24. The zero-order valence-corrected chi connectivity index (χ0v) is 10.2. The van der Waals surface area contributed by atoms with Gasteiger partial charge in [0.15, 0.2) is 0 Å². The van der Waals surface area contributed by atoms with Gasteiger partial charge in [-0.05, 0) is 38.3 Å². The van der Waals surface area contributed by atoms with Crippen LogP contribution in [0, 0.1) is 0 Å². The van der Waals surface area contributed by atoms with Gasteiger partial charge in [0.25, 0.3) is 0 Å². The first-order chi connectivity index (χ1) is 8.27. The molecule has 4 heteroatoms. The van der Waals surface area contributed by atoms with Crippen LogP contribution < -0.4 is 5.32 Å². The van der Waals surface area contributed by atoms with Gasteiger partial charge < -0.3 is 10.2 Å². The Balaban J connectivity index is 1.90. The van der Waals surface area contributed by atoms with Crippen LogP contribution in [0.1, 0.15) is 26.2 Å². The van der Waals surface area contributed by atoms with Gasteiger partial charge >= 0.3 is 0 Å². The molecule has 2 heterocycles. The molecule has 0 saturated carbocycles. The van der Waals surface area contributed by atoms with Crippen LogP contribution >= 0.6 is 0 Å². The van der Waals surface area contributed by atoms with Crippen LogP contribution in [0.25, 0.3) is 0 Å². The zero-order valence-electron chi connectivity index (χ0n) is 10.2. The summed E-state index contributed by atoms with van der Waals surface area (Å²) in [7, 11) is 0. The smallest absolute Gasteiger partial charge is 0.244 e. The first-order valence-electron chi connectivity index (χ1n) is 6.24. The summed E-state index contributed by atoms with van der Waals surface area (Å²) < 4.78 is 0. The van der Waals surface area contributed by atoms with Gasteiger partial charge in [-0.25, -0.2) is 4.98 Å². The third-order valence-corrected chi connectivity index (χ3v) is 3.07. The van der Waals surface area contributed by atoms with Gasteiger partial charge in [0.05, 0.1) is 0 Å². The standard InChI is InChI=1S/C13H19N3O/c1-11(15-12-7-3-4-8-14-12)13(17)16-9-5-2-6-10-16/h3-4,7-8,11H,2,5-6,9-10H2,1H3,(H,14,15). The lowest BCUT2D eigenvalue weighted by Crippen LogP contribution is -2.44. The van der Waals surface area contributed by atoms with E-state index in [0.717, 1.165) is 31.7 Å². The second kappa shape index (κ2) is 5.66. The highest BCUT2D eigenvalue weighted by Gasteiger charge is 2.21. The highest BCUT2D eigenvalue weighted by atomic mass is 16.2. The molecule has 1 aliphatic heterocycles. The first kappa shape index (κ1) is 11.9. The summed E-state index contributed by atoms with van der Waals surface area (Å²) in [4.78, 5) is 18.3. The van der Waals surface area contributed by atoms with E-state index in [4.69, 9.17) is 0 Å². The number of amides is 1. The molecule has 1 saturated heterocycles. The predicted octanol–water partition coefficient (Wildman–Crippen LogP) is 1.89. The highest BCUT2D eigenvalue weighted by Crippen LogP contribution is 2.11. The van der Waals surface area contributed by atoms with Crippen molar-refractivity contribution in [1.82, 2.24) is 9.88 Å². The van der Waals surface area contributed by atoms with Gasteiger partial charge in [-0.2, -0.15) is 0 Å². The van der Waals surface area contributed by atoms with E-state index in [0.29, 0.717) is 0 Å². The number of carbonyl (C=O) groups is 1. The van der Waals surface area contributed by atoms with Crippen LogP contribution in [0.3, 0.4) is 0 Å². The Morgan fingerprint density at radius 2 is 2.12 bits per heavy atom. The Labute approximate surface area is 102 Å². The summed E-state index contributed by atoms with van der Waals surface area (Å²) in [5.74, 6) is 0.931. The average Bonchev–Trinajstić information content (AvgIpc) is 2.40. The van der Waals surface area contributed by atoms with E-state index in [2.05, 4.69) is 10.3 Å². The van der Waals surface area contributed by atoms with Crippen LogP contribution in [0.5, 0.6) is 0 Å². The van der Waals surface area contributed by atoms with Crippen LogP contribution in [-0.2, 0) is 4.79 Å². The molecule has 1 aromatic heterocycles. The normalized spacial score (nSPS) is 17.6. The predicted molar refractivity (Wildman–Crippen MR) is 67.8 cm³/mol. The fraction of sp³-hybridized carbons (Fsp3) is 0.538. The van der Waals surface area contributed by atoms with Crippen molar-refractivity contribution < 1.29 is 4.79 Å². The summed E-state index contributed by atoms with van der Waals surface area (Å²) >= 11 is 0. The monoisotopic (exact) mass is 233 g/mol. The molecule has 2 rings (SSSR count). The molecule has 1 N–H and O–H groups in total. The number of nitrogens with one attached hydrogen (secondary N) is 1. The number of carbonyl (C=O) groups excluding carboxylic acids is 1. The quantitative estimate of drug-likeness (QED) is 0.867. The summed E-state index contributed by atoms with van der Waals surface area (Å²) in [5, 5.41) is 3.14. The van der Waals surface area contributed by atoms with E-state index >= 15 is 0 Å². The molecular weight excluding hydrogens is 214 g/mol. The molecular formula is C13H19N3O. The lowest BCUT2D eigenvalue weighted by Gasteiger charge is -2.29. The SMILES string of the molecule is CC(Nc1ccccn1)C(=O)N1CCCCC1. The van der Waals surface area contributed by atoms with Crippen LogP contribution in [0.4, 0.5) is 5.82 Å². The number of likely N-dealkylation sites (tertiary alicyclic amines) is 1. The topological polar surface area (TPSA) is 45.2 Å². The Bertz CT molecular complexity index is 360. The molecule has 1 unspecified atom stereocenters. The molecule has 0 spiro atoms. The van der Waals surface area contributed by atoms with Gasteiger partial charge in [-0.15, -0.1) is 0 Å². The second-order valence-corrected chi connectivity index (χ2v) is 4.47. The van der Waals surface area contributed by atoms with E-state index in [1.165, 1.54) is 6.42 Å². The lowest BCUT2D eigenvalue weighted by atomic mass is 10.1. The second-order valence-electron chi connectivity index (χ2n) is 4.47. The van der Waals surface area contributed by atoms with E-state index in [-0.39, 0.29) is 11.9 Å². The number of piperidine rings is 1. The molecule has 1 amide bonds. The number of hydrogen-bond donors (Lipinski definition) is 1. The average molecular weight is 233 g/mol. The molecule has 92 valence electrons. The van der Waals surface area contributed by atoms with Crippen molar-refractivity contribution in [3.05, 3.63) is 24.4 Å². The Kier molecular flexibility index (Phi) is 3.96. The molecule has 1 aromatic rings. The van der Waals surface area contributed by atoms with Gasteiger partial charge in [-0.1, -0.05) is 6.07 Å². The minimum Gasteiger partial charge on any atom is -0.359 e. The molecule has 0 bridgehead atoms. The van der Waals surface area contributed by atoms with Crippen LogP contribution in [-0.4, -0.2) is 34.9 Å². The Hall–Kier alpha value is -1.58. The number of aromatic nitrogens is 1. The maximum Gasteiger partial charge on any atom is 0.244 e. The van der Waals surface area contributed by atoms with Gasteiger partial charge in [0.2, 0.25) is 5.91 Å². The number of anilines is 1. The van der Waals surface area contributed by atoms with Crippen molar-refractivity contribution in [3.63, 3.8) is 0 Å². The molecule has 1 fully saturated rings. The van der Waals surface area contributed by atoms with E-state index in [1.807, 2.05) is 30.0 Å². The van der Waals surface area contributed by atoms with Crippen LogP contribution in [0.15, 0.2) is 24.4 Å². The summed E-state index contributed by atoms with van der Waals surface area (Å²) in [6, 6.07) is 5.44. The summed E-state index contributed by atoms with van der Waals surface area (Å²) in [5.41, 5.74) is 0. The maximum atomic E-state index is 12.1. The van der Waals surface area contributed by atoms with E-state index in [1.54, 1.807) is 6.20 Å². The van der Waals surface area contributed by atoms with E-state index < -0.39 is 0 Å². The van der Waals surface area contributed by atoms with Gasteiger partial charge in [0, 0.05) is 19.3 Å². The van der Waals surface area contributed by atoms with Gasteiger partial charge in [0.1, 0.15) is 11.9 Å². The fourth-order valence-corrected chi connectivity index (χ4v) is 2.12. The third-order valence-electron chi connectivity index (χ3n) is 3.07. The highest BCUT2D eigenvalue weighted by molar-refractivity contribution is 5.84. The van der Waals surface area contributed by atoms with Crippen molar-refractivity contribution in [1.29, 1.82) is 0 Å². The third kappa shape index (κ3) is 3.19. The molecule has 0 aromatic carbocycles. The number of pyridine rings is 1. The zero-order chi connectivity index (χ0) is 12.1. The molecule has 4 nitrogen and oxygen atoms in total. The fourth-order valence-electron chi connectivity index (χ4n) is 2.12. The van der Waals surface area contributed by atoms with E-state index in [9.17, 15) is 4.79 Å². The number of rotatable bonds is 3. The molecule has 1 atom stereocenters. The molecule has 0 radical (unpaired) electrons. The summed E-state index contributed by atoms with van der Waals surface area (Å²) in [6.45, 7) is 3.69.